The van der Waals surface area contributed by atoms with Crippen LogP contribution in [-0.2, 0) is 9.53 Å². The fourth-order valence-corrected chi connectivity index (χ4v) is 2.74. The molecule has 0 unspecified atom stereocenters. The summed E-state index contributed by atoms with van der Waals surface area (Å²) in [5.41, 5.74) is 0.536. The highest BCUT2D eigenvalue weighted by Crippen LogP contribution is 2.20. The summed E-state index contributed by atoms with van der Waals surface area (Å²) in [5, 5.41) is 0. The Morgan fingerprint density at radius 3 is 2.48 bits per heavy atom. The van der Waals surface area contributed by atoms with E-state index in [4.69, 9.17) is 9.15 Å². The van der Waals surface area contributed by atoms with Gasteiger partial charge in [-0.3, -0.25) is 4.79 Å². The second-order valence-corrected chi connectivity index (χ2v) is 5.81. The number of rotatable bonds is 4. The van der Waals surface area contributed by atoms with E-state index >= 15 is 0 Å². The number of amides is 1. The minimum atomic E-state index is -0.661. The molecule has 25 heavy (non-hydrogen) atoms. The first-order valence-corrected chi connectivity index (χ1v) is 8.05. The molecule has 0 N–H and O–H groups in total. The van der Waals surface area contributed by atoms with Crippen LogP contribution in [0.5, 0.6) is 0 Å². The normalized spacial score (nSPS) is 14.5. The number of halogens is 1. The van der Waals surface area contributed by atoms with Gasteiger partial charge in [0.2, 0.25) is 5.76 Å². The molecule has 1 amide bonds. The van der Waals surface area contributed by atoms with Gasteiger partial charge in [-0.25, -0.2) is 9.18 Å². The average molecular weight is 346 g/mol. The van der Waals surface area contributed by atoms with Crippen molar-refractivity contribution in [2.75, 3.05) is 37.7 Å². The van der Waals surface area contributed by atoms with Crippen LogP contribution in [0.1, 0.15) is 16.3 Å². The van der Waals surface area contributed by atoms with E-state index < -0.39 is 5.97 Å². The van der Waals surface area contributed by atoms with Gasteiger partial charge in [-0.15, -0.1) is 0 Å². The Morgan fingerprint density at radius 2 is 1.84 bits per heavy atom. The van der Waals surface area contributed by atoms with Gasteiger partial charge in [0.05, 0.1) is 5.69 Å². The van der Waals surface area contributed by atoms with E-state index in [1.807, 2.05) is 4.90 Å². The van der Waals surface area contributed by atoms with Crippen LogP contribution >= 0.6 is 0 Å². The topological polar surface area (TPSA) is 63.0 Å². The molecule has 6 nitrogen and oxygen atoms in total. The smallest absolute Gasteiger partial charge is 0.374 e. The fourth-order valence-electron chi connectivity index (χ4n) is 2.74. The van der Waals surface area contributed by atoms with Crippen molar-refractivity contribution in [3.05, 3.63) is 53.7 Å². The number of hydrogen-bond acceptors (Lipinski definition) is 5. The van der Waals surface area contributed by atoms with Crippen LogP contribution < -0.4 is 4.90 Å². The van der Waals surface area contributed by atoms with Crippen LogP contribution in [0, 0.1) is 12.7 Å². The zero-order valence-electron chi connectivity index (χ0n) is 13.9. The van der Waals surface area contributed by atoms with Crippen molar-refractivity contribution in [3.63, 3.8) is 0 Å². The van der Waals surface area contributed by atoms with Crippen molar-refractivity contribution in [3.8, 4) is 0 Å². The molecule has 132 valence electrons. The molecule has 0 atom stereocenters. The lowest BCUT2D eigenvalue weighted by Gasteiger charge is -2.36. The predicted molar refractivity (Wildman–Crippen MR) is 88.9 cm³/mol. The maximum absolute atomic E-state index is 13.8. The minimum absolute atomic E-state index is 0.0784. The van der Waals surface area contributed by atoms with Crippen molar-refractivity contribution in [1.82, 2.24) is 4.90 Å². The molecule has 1 saturated heterocycles. The molecule has 2 aromatic rings. The molecule has 0 spiro atoms. The van der Waals surface area contributed by atoms with E-state index in [1.54, 1.807) is 36.1 Å². The zero-order chi connectivity index (χ0) is 17.8. The lowest BCUT2D eigenvalue weighted by molar-refractivity contribution is -0.134. The van der Waals surface area contributed by atoms with Crippen molar-refractivity contribution in [2.45, 2.75) is 6.92 Å². The number of esters is 1. The van der Waals surface area contributed by atoms with Crippen LogP contribution in [0.3, 0.4) is 0 Å². The van der Waals surface area contributed by atoms with Crippen molar-refractivity contribution in [2.24, 2.45) is 0 Å². The molecule has 0 radical (unpaired) electrons. The highest BCUT2D eigenvalue weighted by Gasteiger charge is 2.24. The summed E-state index contributed by atoms with van der Waals surface area (Å²) in [6, 6.07) is 9.73. The number of furan rings is 1. The van der Waals surface area contributed by atoms with Crippen LogP contribution in [0.2, 0.25) is 0 Å². The first kappa shape index (κ1) is 17.0. The number of benzene rings is 1. The SMILES string of the molecule is Cc1ccc(C(=O)OCC(=O)N2CCN(c3ccccc3F)CC2)o1. The number of para-hydroxylation sites is 1. The Hall–Kier alpha value is -2.83. The van der Waals surface area contributed by atoms with E-state index in [1.165, 1.54) is 12.1 Å². The number of nitrogens with zero attached hydrogens (tertiary/aromatic N) is 2. The third kappa shape index (κ3) is 3.99. The van der Waals surface area contributed by atoms with E-state index in [2.05, 4.69) is 0 Å². The molecule has 0 saturated carbocycles. The molecule has 1 aromatic heterocycles. The number of piperazine rings is 1. The molecule has 1 aliphatic heterocycles. The second-order valence-electron chi connectivity index (χ2n) is 5.81. The standard InChI is InChI=1S/C18H19FN2O4/c1-13-6-7-16(25-13)18(23)24-12-17(22)21-10-8-20(9-11-21)15-5-3-2-4-14(15)19/h2-7H,8-12H2,1H3. The van der Waals surface area contributed by atoms with E-state index in [9.17, 15) is 14.0 Å². The number of hydrogen-bond donors (Lipinski definition) is 0. The Bertz CT molecular complexity index is 766. The van der Waals surface area contributed by atoms with Gasteiger partial charge in [0, 0.05) is 26.2 Å². The lowest BCUT2D eigenvalue weighted by Crippen LogP contribution is -2.50. The minimum Gasteiger partial charge on any atom is -0.454 e. The first-order valence-electron chi connectivity index (χ1n) is 8.05. The van der Waals surface area contributed by atoms with E-state index in [0.717, 1.165) is 0 Å². The monoisotopic (exact) mass is 346 g/mol. The van der Waals surface area contributed by atoms with Gasteiger partial charge in [-0.05, 0) is 31.2 Å². The Labute approximate surface area is 144 Å². The van der Waals surface area contributed by atoms with Crippen LogP contribution in [0.25, 0.3) is 0 Å². The third-order valence-electron chi connectivity index (χ3n) is 4.09. The third-order valence-corrected chi connectivity index (χ3v) is 4.09. The summed E-state index contributed by atoms with van der Waals surface area (Å²) in [7, 11) is 0. The largest absolute Gasteiger partial charge is 0.454 e. The Morgan fingerprint density at radius 1 is 1.12 bits per heavy atom. The van der Waals surface area contributed by atoms with Crippen LogP contribution in [0.4, 0.5) is 10.1 Å². The molecule has 7 heteroatoms. The second kappa shape index (κ2) is 7.38. The number of anilines is 1. The van der Waals surface area contributed by atoms with Crippen molar-refractivity contribution < 1.29 is 23.1 Å². The highest BCUT2D eigenvalue weighted by atomic mass is 19.1. The van der Waals surface area contributed by atoms with Gasteiger partial charge in [-0.2, -0.15) is 0 Å². The maximum Gasteiger partial charge on any atom is 0.374 e. The molecule has 3 rings (SSSR count). The number of carbonyl (C=O) groups is 2. The molecule has 0 bridgehead atoms. The summed E-state index contributed by atoms with van der Waals surface area (Å²) >= 11 is 0. The molecular formula is C18H19FN2O4. The van der Waals surface area contributed by atoms with E-state index in [0.29, 0.717) is 37.6 Å². The maximum atomic E-state index is 13.8. The highest BCUT2D eigenvalue weighted by molar-refractivity contribution is 5.88. The summed E-state index contributed by atoms with van der Waals surface area (Å²) < 4.78 is 24.0. The molecule has 0 aliphatic carbocycles. The quantitative estimate of drug-likeness (QED) is 0.795. The van der Waals surface area contributed by atoms with Gasteiger partial charge in [0.1, 0.15) is 11.6 Å². The lowest BCUT2D eigenvalue weighted by atomic mass is 10.2. The summed E-state index contributed by atoms with van der Waals surface area (Å²) in [6.07, 6.45) is 0. The number of aryl methyl sites for hydroxylation is 1. The Balaban J connectivity index is 1.48. The molecule has 1 aliphatic rings. The van der Waals surface area contributed by atoms with Gasteiger partial charge < -0.3 is 19.0 Å². The van der Waals surface area contributed by atoms with E-state index in [-0.39, 0.29) is 24.1 Å². The Kier molecular flexibility index (Phi) is 5.02. The molecule has 1 aromatic carbocycles. The summed E-state index contributed by atoms with van der Waals surface area (Å²) in [6.45, 7) is 3.33. The van der Waals surface area contributed by atoms with Gasteiger partial charge >= 0.3 is 5.97 Å². The van der Waals surface area contributed by atoms with Crippen molar-refractivity contribution in [1.29, 1.82) is 0 Å². The average Bonchev–Trinajstić information content (AvgIpc) is 3.06. The fraction of sp³-hybridized carbons (Fsp3) is 0.333. The van der Waals surface area contributed by atoms with Crippen LogP contribution in [0.15, 0.2) is 40.8 Å². The summed E-state index contributed by atoms with van der Waals surface area (Å²) in [5.74, 6) is -0.529. The first-order chi connectivity index (χ1) is 12.0. The van der Waals surface area contributed by atoms with Gasteiger partial charge in [-0.1, -0.05) is 12.1 Å². The zero-order valence-corrected chi connectivity index (χ0v) is 13.9. The predicted octanol–water partition coefficient (Wildman–Crippen LogP) is 2.23. The van der Waals surface area contributed by atoms with Crippen molar-refractivity contribution >= 4 is 17.6 Å². The number of carbonyl (C=O) groups excluding carboxylic acids is 2. The number of ether oxygens (including phenoxy) is 1. The molecular weight excluding hydrogens is 327 g/mol. The molecule has 2 heterocycles. The van der Waals surface area contributed by atoms with Crippen LogP contribution in [-0.4, -0.2) is 49.6 Å². The molecule has 1 fully saturated rings. The van der Waals surface area contributed by atoms with Gasteiger partial charge in [0.15, 0.2) is 6.61 Å². The van der Waals surface area contributed by atoms with Gasteiger partial charge in [0.25, 0.3) is 5.91 Å². The summed E-state index contributed by atoms with van der Waals surface area (Å²) in [4.78, 5) is 27.5.